The Bertz CT molecular complexity index is 539. The van der Waals surface area contributed by atoms with E-state index < -0.39 is 0 Å². The number of ether oxygens (including phenoxy) is 1. The van der Waals surface area contributed by atoms with Crippen LogP contribution in [0.4, 0.5) is 4.79 Å². The van der Waals surface area contributed by atoms with Gasteiger partial charge in [0.2, 0.25) is 0 Å². The largest absolute Gasteiger partial charge is 0.493 e. The predicted octanol–water partition coefficient (Wildman–Crippen LogP) is 3.14. The van der Waals surface area contributed by atoms with Crippen molar-refractivity contribution in [1.29, 1.82) is 0 Å². The molecule has 1 aliphatic heterocycles. The van der Waals surface area contributed by atoms with Gasteiger partial charge >= 0.3 is 0 Å². The van der Waals surface area contributed by atoms with E-state index in [9.17, 15) is 9.59 Å². The first-order valence-electron chi connectivity index (χ1n) is 6.14. The highest BCUT2D eigenvalue weighted by molar-refractivity contribution is 8.18. The fourth-order valence-electron chi connectivity index (χ4n) is 1.80. The number of carbonyl (C=O) groups excluding carboxylic acids is 2. The normalized spacial score (nSPS) is 17.4. The fraction of sp³-hybridized carbons (Fsp3) is 0.286. The molecule has 0 spiro atoms. The Morgan fingerprint density at radius 3 is 2.63 bits per heavy atom. The van der Waals surface area contributed by atoms with E-state index in [0.717, 1.165) is 17.3 Å². The minimum absolute atomic E-state index is 0.215. The number of amides is 2. The van der Waals surface area contributed by atoms with E-state index in [1.165, 1.54) is 4.90 Å². The molecule has 2 rings (SSSR count). The van der Waals surface area contributed by atoms with Crippen molar-refractivity contribution in [3.63, 3.8) is 0 Å². The van der Waals surface area contributed by atoms with Crippen molar-refractivity contribution in [2.45, 2.75) is 13.8 Å². The zero-order chi connectivity index (χ0) is 13.8. The fourth-order valence-corrected chi connectivity index (χ4v) is 2.69. The average molecular weight is 277 g/mol. The molecule has 0 saturated carbocycles. The smallest absolute Gasteiger partial charge is 0.293 e. The number of thioether (sulfide) groups is 1. The molecule has 19 heavy (non-hydrogen) atoms. The van der Waals surface area contributed by atoms with Crippen LogP contribution in [0.3, 0.4) is 0 Å². The first kappa shape index (κ1) is 13.7. The van der Waals surface area contributed by atoms with E-state index in [2.05, 4.69) is 0 Å². The molecule has 4 nitrogen and oxygen atoms in total. The van der Waals surface area contributed by atoms with Crippen molar-refractivity contribution >= 4 is 29.0 Å². The van der Waals surface area contributed by atoms with Gasteiger partial charge in [-0.15, -0.1) is 0 Å². The summed E-state index contributed by atoms with van der Waals surface area (Å²) < 4.78 is 5.50. The second-order valence-electron chi connectivity index (χ2n) is 3.90. The summed E-state index contributed by atoms with van der Waals surface area (Å²) in [5, 5.41) is -0.215. The molecule has 1 aromatic rings. The number of nitrogens with zero attached hydrogens (tertiary/aromatic N) is 1. The molecule has 1 aliphatic rings. The molecule has 1 heterocycles. The molecule has 1 fully saturated rings. The van der Waals surface area contributed by atoms with Crippen LogP contribution in [-0.2, 0) is 4.79 Å². The summed E-state index contributed by atoms with van der Waals surface area (Å²) in [5.41, 5.74) is 0.811. The lowest BCUT2D eigenvalue weighted by atomic mass is 10.2. The number of imide groups is 1. The van der Waals surface area contributed by atoms with Gasteiger partial charge in [0.15, 0.2) is 0 Å². The topological polar surface area (TPSA) is 46.6 Å². The first-order chi connectivity index (χ1) is 9.17. The first-order valence-corrected chi connectivity index (χ1v) is 6.96. The molecular weight excluding hydrogens is 262 g/mol. The van der Waals surface area contributed by atoms with Crippen molar-refractivity contribution in [2.24, 2.45) is 0 Å². The molecule has 100 valence electrons. The van der Waals surface area contributed by atoms with E-state index >= 15 is 0 Å². The zero-order valence-corrected chi connectivity index (χ0v) is 11.7. The Kier molecular flexibility index (Phi) is 4.27. The maximum Gasteiger partial charge on any atom is 0.293 e. The summed E-state index contributed by atoms with van der Waals surface area (Å²) in [6.07, 6.45) is 1.71. The minimum atomic E-state index is -0.233. The van der Waals surface area contributed by atoms with Gasteiger partial charge in [0.05, 0.1) is 11.5 Å². The van der Waals surface area contributed by atoms with Crippen LogP contribution in [-0.4, -0.2) is 29.2 Å². The molecule has 0 unspecified atom stereocenters. The van der Waals surface area contributed by atoms with Gasteiger partial charge in [0.1, 0.15) is 5.75 Å². The van der Waals surface area contributed by atoms with Crippen LogP contribution >= 0.6 is 11.8 Å². The molecule has 0 aliphatic carbocycles. The predicted molar refractivity (Wildman–Crippen MR) is 76.0 cm³/mol. The Morgan fingerprint density at radius 1 is 1.26 bits per heavy atom. The lowest BCUT2D eigenvalue weighted by Gasteiger charge is -2.08. The molecule has 0 bridgehead atoms. The molecule has 1 saturated heterocycles. The minimum Gasteiger partial charge on any atom is -0.493 e. The standard InChI is InChI=1S/C14H15NO3S/c1-3-15-13(16)12(19-14(15)17)9-10-7-5-6-8-11(10)18-4-2/h5-9H,3-4H2,1-2H3/b12-9-. The van der Waals surface area contributed by atoms with Gasteiger partial charge in [-0.25, -0.2) is 0 Å². The SMILES string of the molecule is CCOc1ccccc1/C=C1\SC(=O)N(CC)C1=O. The van der Waals surface area contributed by atoms with E-state index in [4.69, 9.17) is 4.74 Å². The highest BCUT2D eigenvalue weighted by atomic mass is 32.2. The Morgan fingerprint density at radius 2 is 2.00 bits per heavy atom. The lowest BCUT2D eigenvalue weighted by Crippen LogP contribution is -2.27. The highest BCUT2D eigenvalue weighted by Crippen LogP contribution is 2.33. The van der Waals surface area contributed by atoms with Crippen LogP contribution in [0.2, 0.25) is 0 Å². The Labute approximate surface area is 116 Å². The van der Waals surface area contributed by atoms with Gasteiger partial charge in [-0.05, 0) is 37.8 Å². The van der Waals surface area contributed by atoms with Gasteiger partial charge in [-0.1, -0.05) is 18.2 Å². The summed E-state index contributed by atoms with van der Waals surface area (Å²) in [6, 6.07) is 7.46. The van der Waals surface area contributed by atoms with Gasteiger partial charge in [0.25, 0.3) is 11.1 Å². The van der Waals surface area contributed by atoms with Gasteiger partial charge in [-0.2, -0.15) is 0 Å². The van der Waals surface area contributed by atoms with Crippen molar-refractivity contribution < 1.29 is 14.3 Å². The third-order valence-electron chi connectivity index (χ3n) is 2.70. The quantitative estimate of drug-likeness (QED) is 0.793. The summed E-state index contributed by atoms with van der Waals surface area (Å²) in [4.78, 5) is 25.3. The van der Waals surface area contributed by atoms with Crippen LogP contribution in [0.15, 0.2) is 29.2 Å². The second-order valence-corrected chi connectivity index (χ2v) is 4.89. The summed E-state index contributed by atoms with van der Waals surface area (Å²) >= 11 is 0.971. The monoisotopic (exact) mass is 277 g/mol. The summed E-state index contributed by atoms with van der Waals surface area (Å²) in [5.74, 6) is 0.483. The molecule has 0 N–H and O–H groups in total. The summed E-state index contributed by atoms with van der Waals surface area (Å²) in [7, 11) is 0. The van der Waals surface area contributed by atoms with Crippen LogP contribution in [0, 0.1) is 0 Å². The van der Waals surface area contributed by atoms with Crippen LogP contribution in [0.1, 0.15) is 19.4 Å². The third kappa shape index (κ3) is 2.81. The molecular formula is C14H15NO3S. The van der Waals surface area contributed by atoms with Crippen LogP contribution in [0.5, 0.6) is 5.75 Å². The number of hydrogen-bond acceptors (Lipinski definition) is 4. The number of para-hydroxylation sites is 1. The van der Waals surface area contributed by atoms with Crippen LogP contribution < -0.4 is 4.74 Å². The van der Waals surface area contributed by atoms with E-state index in [1.54, 1.807) is 13.0 Å². The number of likely N-dealkylation sites (N-methyl/N-ethyl adjacent to an activating group) is 1. The Hall–Kier alpha value is -1.75. The van der Waals surface area contributed by atoms with Crippen molar-refractivity contribution in [1.82, 2.24) is 4.90 Å². The molecule has 0 radical (unpaired) electrons. The molecule has 0 aromatic heterocycles. The second kappa shape index (κ2) is 5.93. The van der Waals surface area contributed by atoms with Gasteiger partial charge in [0, 0.05) is 12.1 Å². The average Bonchev–Trinajstić information content (AvgIpc) is 2.67. The zero-order valence-electron chi connectivity index (χ0n) is 10.9. The van der Waals surface area contributed by atoms with Crippen molar-refractivity contribution in [3.05, 3.63) is 34.7 Å². The third-order valence-corrected chi connectivity index (χ3v) is 3.60. The number of benzene rings is 1. The molecule has 1 aromatic carbocycles. The number of hydrogen-bond donors (Lipinski definition) is 0. The maximum absolute atomic E-state index is 12.0. The van der Waals surface area contributed by atoms with Crippen molar-refractivity contribution in [3.8, 4) is 5.75 Å². The van der Waals surface area contributed by atoms with Gasteiger partial charge in [-0.3, -0.25) is 14.5 Å². The molecule has 0 atom stereocenters. The highest BCUT2D eigenvalue weighted by Gasteiger charge is 2.33. The van der Waals surface area contributed by atoms with E-state index in [-0.39, 0.29) is 11.1 Å². The van der Waals surface area contributed by atoms with Crippen LogP contribution in [0.25, 0.3) is 6.08 Å². The summed E-state index contributed by atoms with van der Waals surface area (Å²) in [6.45, 7) is 4.64. The van der Waals surface area contributed by atoms with E-state index in [0.29, 0.717) is 23.8 Å². The van der Waals surface area contributed by atoms with E-state index in [1.807, 2.05) is 31.2 Å². The maximum atomic E-state index is 12.0. The lowest BCUT2D eigenvalue weighted by molar-refractivity contribution is -0.122. The van der Waals surface area contributed by atoms with Gasteiger partial charge < -0.3 is 4.74 Å². The molecule has 2 amide bonds. The Balaban J connectivity index is 2.32. The molecule has 5 heteroatoms. The van der Waals surface area contributed by atoms with Crippen molar-refractivity contribution in [2.75, 3.05) is 13.2 Å². The number of rotatable bonds is 4. The number of carbonyl (C=O) groups is 2.